The molecule has 0 bridgehead atoms. The largest absolute Gasteiger partial charge is 0.482 e. The van der Waals surface area contributed by atoms with Crippen LogP contribution >= 0.6 is 0 Å². The fourth-order valence-electron chi connectivity index (χ4n) is 2.11. The summed E-state index contributed by atoms with van der Waals surface area (Å²) in [6.45, 7) is 7.30. The maximum Gasteiger partial charge on any atom is 0.222 e. The zero-order valence-electron chi connectivity index (χ0n) is 14.5. The normalized spacial score (nSPS) is 11.4. The smallest absolute Gasteiger partial charge is 0.222 e. The lowest BCUT2D eigenvalue weighted by atomic mass is 10.2. The second-order valence-electron chi connectivity index (χ2n) is 5.64. The molecule has 0 saturated carbocycles. The number of anilines is 2. The second kappa shape index (κ2) is 8.86. The molecule has 128 valence electrons. The number of aryl methyl sites for hydroxylation is 1. The van der Waals surface area contributed by atoms with Gasteiger partial charge in [0.2, 0.25) is 5.95 Å². The summed E-state index contributed by atoms with van der Waals surface area (Å²) in [6, 6.07) is 8.00. The number of nitrogens with one attached hydrogen (secondary N) is 1. The Hall–Kier alpha value is -2.63. The van der Waals surface area contributed by atoms with Crippen LogP contribution in [0.25, 0.3) is 0 Å². The van der Waals surface area contributed by atoms with Gasteiger partial charge in [0.25, 0.3) is 0 Å². The van der Waals surface area contributed by atoms with E-state index in [0.29, 0.717) is 18.2 Å². The summed E-state index contributed by atoms with van der Waals surface area (Å²) in [5.74, 6) is 1.44. The highest BCUT2D eigenvalue weighted by Crippen LogP contribution is 2.22. The number of nitrogens with two attached hydrogens (primary N) is 1. The van der Waals surface area contributed by atoms with Crippen molar-refractivity contribution in [3.8, 4) is 5.75 Å². The van der Waals surface area contributed by atoms with Gasteiger partial charge in [0.15, 0.2) is 11.6 Å². The standard InChI is InChI=1S/C18H25N5O/c1-4-5-10-20-17-16(11-21-18(19)23-17)24-12-14(3)22-15-9-7-6-8-13(15)2/h6-9,11H,4-5,10,12H2,1-3H3,(H3,19,20,21,23). The summed E-state index contributed by atoms with van der Waals surface area (Å²) in [4.78, 5) is 12.8. The van der Waals surface area contributed by atoms with Crippen molar-refractivity contribution >= 4 is 23.2 Å². The number of para-hydroxylation sites is 1. The Labute approximate surface area is 143 Å². The zero-order valence-corrected chi connectivity index (χ0v) is 14.5. The second-order valence-corrected chi connectivity index (χ2v) is 5.64. The van der Waals surface area contributed by atoms with Gasteiger partial charge in [-0.3, -0.25) is 4.99 Å². The highest BCUT2D eigenvalue weighted by molar-refractivity contribution is 5.86. The van der Waals surface area contributed by atoms with Crippen molar-refractivity contribution in [2.24, 2.45) is 4.99 Å². The van der Waals surface area contributed by atoms with Crippen molar-refractivity contribution in [1.82, 2.24) is 9.97 Å². The van der Waals surface area contributed by atoms with Gasteiger partial charge in [-0.25, -0.2) is 4.98 Å². The van der Waals surface area contributed by atoms with Gasteiger partial charge in [-0.1, -0.05) is 31.5 Å². The SMILES string of the molecule is CCCCNc1nc(N)ncc1OCC(C)=Nc1ccccc1C. The lowest BCUT2D eigenvalue weighted by molar-refractivity contribution is 0.374. The zero-order chi connectivity index (χ0) is 17.4. The molecule has 2 aromatic rings. The van der Waals surface area contributed by atoms with Crippen molar-refractivity contribution in [3.63, 3.8) is 0 Å². The monoisotopic (exact) mass is 327 g/mol. The van der Waals surface area contributed by atoms with E-state index in [9.17, 15) is 0 Å². The number of benzene rings is 1. The number of rotatable bonds is 8. The first-order chi connectivity index (χ1) is 11.6. The van der Waals surface area contributed by atoms with Crippen molar-refractivity contribution in [2.75, 3.05) is 24.2 Å². The molecule has 1 heterocycles. The number of unbranched alkanes of at least 4 members (excludes halogenated alkanes) is 1. The lowest BCUT2D eigenvalue weighted by Gasteiger charge is -2.12. The predicted octanol–water partition coefficient (Wildman–Crippen LogP) is 3.75. The topological polar surface area (TPSA) is 85.4 Å². The summed E-state index contributed by atoms with van der Waals surface area (Å²) in [6.07, 6.45) is 3.75. The highest BCUT2D eigenvalue weighted by atomic mass is 16.5. The molecule has 6 heteroatoms. The van der Waals surface area contributed by atoms with E-state index in [1.807, 2.05) is 38.1 Å². The Bertz CT molecular complexity index is 700. The van der Waals surface area contributed by atoms with Crippen molar-refractivity contribution in [1.29, 1.82) is 0 Å². The first-order valence-electron chi connectivity index (χ1n) is 8.19. The van der Waals surface area contributed by atoms with E-state index < -0.39 is 0 Å². The maximum absolute atomic E-state index is 5.82. The summed E-state index contributed by atoms with van der Waals surface area (Å²) in [5, 5.41) is 3.24. The highest BCUT2D eigenvalue weighted by Gasteiger charge is 2.08. The van der Waals surface area contributed by atoms with Gasteiger partial charge in [-0.15, -0.1) is 0 Å². The summed E-state index contributed by atoms with van der Waals surface area (Å²) in [7, 11) is 0. The van der Waals surface area contributed by atoms with Crippen LogP contribution in [0.5, 0.6) is 5.75 Å². The molecule has 1 aromatic heterocycles. The van der Waals surface area contributed by atoms with Crippen LogP contribution in [-0.2, 0) is 0 Å². The number of hydrogen-bond acceptors (Lipinski definition) is 6. The minimum Gasteiger partial charge on any atom is -0.482 e. The van der Waals surface area contributed by atoms with Gasteiger partial charge in [-0.2, -0.15) is 4.98 Å². The van der Waals surface area contributed by atoms with Crippen molar-refractivity contribution < 1.29 is 4.74 Å². The Kier molecular flexibility index (Phi) is 6.54. The van der Waals surface area contributed by atoms with Crippen LogP contribution in [0.1, 0.15) is 32.3 Å². The molecule has 0 radical (unpaired) electrons. The summed E-state index contributed by atoms with van der Waals surface area (Å²) >= 11 is 0. The summed E-state index contributed by atoms with van der Waals surface area (Å²) in [5.41, 5.74) is 8.63. The van der Waals surface area contributed by atoms with Crippen LogP contribution in [0.15, 0.2) is 35.5 Å². The number of nitrogen functional groups attached to an aromatic ring is 1. The van der Waals surface area contributed by atoms with Gasteiger partial charge >= 0.3 is 0 Å². The number of hydrogen-bond donors (Lipinski definition) is 2. The van der Waals surface area contributed by atoms with E-state index in [1.54, 1.807) is 6.20 Å². The van der Waals surface area contributed by atoms with E-state index in [-0.39, 0.29) is 5.95 Å². The Balaban J connectivity index is 2.04. The van der Waals surface area contributed by atoms with Gasteiger partial charge in [-0.05, 0) is 31.9 Å². The Morgan fingerprint density at radius 1 is 1.33 bits per heavy atom. The lowest BCUT2D eigenvalue weighted by Crippen LogP contribution is -2.12. The molecular weight excluding hydrogens is 302 g/mol. The number of ether oxygens (including phenoxy) is 1. The van der Waals surface area contributed by atoms with E-state index in [0.717, 1.165) is 36.3 Å². The third-order valence-electron chi connectivity index (χ3n) is 3.46. The quantitative estimate of drug-likeness (QED) is 0.569. The molecule has 2 rings (SSSR count). The third kappa shape index (κ3) is 5.22. The molecule has 1 aromatic carbocycles. The van der Waals surface area contributed by atoms with Gasteiger partial charge < -0.3 is 15.8 Å². The fourth-order valence-corrected chi connectivity index (χ4v) is 2.11. The average Bonchev–Trinajstić information content (AvgIpc) is 2.56. The number of nitrogens with zero attached hydrogens (tertiary/aromatic N) is 3. The van der Waals surface area contributed by atoms with E-state index in [1.165, 1.54) is 0 Å². The molecule has 0 amide bonds. The summed E-state index contributed by atoms with van der Waals surface area (Å²) < 4.78 is 5.82. The van der Waals surface area contributed by atoms with Crippen LogP contribution in [0.4, 0.5) is 17.5 Å². The van der Waals surface area contributed by atoms with Crippen molar-refractivity contribution in [2.45, 2.75) is 33.6 Å². The molecule has 6 nitrogen and oxygen atoms in total. The van der Waals surface area contributed by atoms with Crippen LogP contribution in [0, 0.1) is 6.92 Å². The third-order valence-corrected chi connectivity index (χ3v) is 3.46. The van der Waals surface area contributed by atoms with Crippen LogP contribution in [0.3, 0.4) is 0 Å². The molecule has 0 saturated heterocycles. The molecule has 0 atom stereocenters. The van der Waals surface area contributed by atoms with Crippen molar-refractivity contribution in [3.05, 3.63) is 36.0 Å². The minimum atomic E-state index is 0.228. The Morgan fingerprint density at radius 2 is 2.12 bits per heavy atom. The average molecular weight is 327 g/mol. The number of aliphatic imine (C=N–C) groups is 1. The molecule has 24 heavy (non-hydrogen) atoms. The number of aromatic nitrogens is 2. The van der Waals surface area contributed by atoms with Gasteiger partial charge in [0.05, 0.1) is 17.6 Å². The Morgan fingerprint density at radius 3 is 2.88 bits per heavy atom. The molecule has 0 aliphatic heterocycles. The van der Waals surface area contributed by atoms with Gasteiger partial charge in [0.1, 0.15) is 6.61 Å². The fraction of sp³-hybridized carbons (Fsp3) is 0.389. The predicted molar refractivity (Wildman–Crippen MR) is 99.3 cm³/mol. The van der Waals surface area contributed by atoms with Gasteiger partial charge in [0, 0.05) is 6.54 Å². The molecule has 0 spiro atoms. The van der Waals surface area contributed by atoms with Crippen LogP contribution in [-0.4, -0.2) is 28.8 Å². The van der Waals surface area contributed by atoms with E-state index in [4.69, 9.17) is 10.5 Å². The van der Waals surface area contributed by atoms with Crippen LogP contribution in [0.2, 0.25) is 0 Å². The first kappa shape index (κ1) is 17.7. The minimum absolute atomic E-state index is 0.228. The van der Waals surface area contributed by atoms with E-state index >= 15 is 0 Å². The maximum atomic E-state index is 5.82. The molecule has 0 aliphatic carbocycles. The molecule has 0 unspecified atom stereocenters. The van der Waals surface area contributed by atoms with E-state index in [2.05, 4.69) is 27.2 Å². The molecule has 0 fully saturated rings. The van der Waals surface area contributed by atoms with Crippen LogP contribution < -0.4 is 15.8 Å². The first-order valence-corrected chi connectivity index (χ1v) is 8.19. The molecular formula is C18H25N5O. The molecule has 0 aliphatic rings. The molecule has 3 N–H and O–H groups in total.